The van der Waals surface area contributed by atoms with Crippen molar-refractivity contribution >= 4 is 11.5 Å². The van der Waals surface area contributed by atoms with Crippen LogP contribution >= 0.6 is 0 Å². The van der Waals surface area contributed by atoms with Crippen LogP contribution in [0.2, 0.25) is 0 Å². The van der Waals surface area contributed by atoms with Crippen molar-refractivity contribution in [2.45, 2.75) is 0 Å². The van der Waals surface area contributed by atoms with Crippen LogP contribution in [0.15, 0.2) is 36.9 Å². The summed E-state index contributed by atoms with van der Waals surface area (Å²) >= 11 is 0. The fourth-order valence-corrected chi connectivity index (χ4v) is 2.66. The van der Waals surface area contributed by atoms with E-state index in [4.69, 9.17) is 9.47 Å². The van der Waals surface area contributed by atoms with Crippen molar-refractivity contribution < 1.29 is 31.3 Å². The molecule has 0 N–H and O–H groups in total. The molecule has 0 atom stereocenters. The molecule has 1 aromatic carbocycles. The van der Waals surface area contributed by atoms with Gasteiger partial charge >= 0.3 is 17.1 Å². The average molecular weight is 443 g/mol. The number of benzene rings is 1. The third-order valence-electron chi connectivity index (χ3n) is 4.10. The van der Waals surface area contributed by atoms with Crippen LogP contribution in [0.4, 0.5) is 0 Å². The number of allylic oxidation sites excluding steroid dienone is 2. The van der Waals surface area contributed by atoms with Crippen LogP contribution in [0.25, 0.3) is 5.70 Å². The summed E-state index contributed by atoms with van der Waals surface area (Å²) in [6.45, 7) is 0. The Kier molecular flexibility index (Phi) is 10.1. The predicted molar refractivity (Wildman–Crippen MR) is 110 cm³/mol. The standard InChI is InChI=1S/C18H16N3O3.C5H5.Fe/c1-23-14-7-8-17(24-2)15(10-14)18(22)16(21-12-19-11-20-21)9-13-5-3-4-6-13;1-2-4-5-3-1;/h3-12H,1-2H3;1-5H;/q;;+2/b16-9-;;. The molecular weight excluding hydrogens is 422 g/mol. The van der Waals surface area contributed by atoms with Gasteiger partial charge in [-0.3, -0.25) is 4.79 Å². The van der Waals surface area contributed by atoms with Crippen LogP contribution in [0.3, 0.4) is 0 Å². The first kappa shape index (κ1) is 24.2. The maximum Gasteiger partial charge on any atom is 2.00 e. The number of ketones is 1. The van der Waals surface area contributed by atoms with E-state index in [0.717, 1.165) is 5.92 Å². The van der Waals surface area contributed by atoms with Crippen LogP contribution in [0.5, 0.6) is 11.5 Å². The molecule has 0 spiro atoms. The van der Waals surface area contributed by atoms with Crippen LogP contribution < -0.4 is 9.47 Å². The Bertz CT molecular complexity index is 803. The molecule has 0 saturated heterocycles. The zero-order valence-electron chi connectivity index (χ0n) is 16.6. The van der Waals surface area contributed by atoms with E-state index >= 15 is 0 Å². The minimum atomic E-state index is -0.238. The molecule has 2 saturated carbocycles. The van der Waals surface area contributed by atoms with Crippen LogP contribution in [0.1, 0.15) is 10.4 Å². The van der Waals surface area contributed by atoms with Crippen LogP contribution in [-0.4, -0.2) is 34.8 Å². The molecule has 0 amide bonds. The summed E-state index contributed by atoms with van der Waals surface area (Å²) in [7, 11) is 3.07. The Labute approximate surface area is 189 Å². The minimum absolute atomic E-state index is 0. The van der Waals surface area contributed by atoms with Crippen molar-refractivity contribution in [3.63, 3.8) is 0 Å². The third kappa shape index (κ3) is 6.44. The molecule has 6 nitrogen and oxygen atoms in total. The molecular formula is C23H21FeN3O3+2. The van der Waals surface area contributed by atoms with Crippen LogP contribution in [-0.2, 0) is 17.1 Å². The van der Waals surface area contributed by atoms with Gasteiger partial charge in [0.2, 0.25) is 5.78 Å². The maximum atomic E-state index is 13.1. The summed E-state index contributed by atoms with van der Waals surface area (Å²) < 4.78 is 12.0. The van der Waals surface area contributed by atoms with Gasteiger partial charge in [-0.2, -0.15) is 5.10 Å². The normalized spacial score (nSPS) is 16.4. The number of aromatic nitrogens is 3. The van der Waals surface area contributed by atoms with Gasteiger partial charge in [0.05, 0.1) is 19.8 Å². The van der Waals surface area contributed by atoms with E-state index in [2.05, 4.69) is 10.1 Å². The Morgan fingerprint density at radius 2 is 1.63 bits per heavy atom. The number of nitrogens with zero attached hydrogens (tertiary/aromatic N) is 3. The number of Topliss-reactive ketones (excluding diaryl/α,β-unsaturated/α-hetero) is 1. The topological polar surface area (TPSA) is 66.2 Å². The van der Waals surface area contributed by atoms with E-state index in [1.54, 1.807) is 31.4 Å². The van der Waals surface area contributed by atoms with Gasteiger partial charge < -0.3 is 9.47 Å². The molecule has 30 heavy (non-hydrogen) atoms. The first-order chi connectivity index (χ1) is 14.2. The molecule has 2 aliphatic rings. The zero-order chi connectivity index (χ0) is 20.5. The molecule has 0 aliphatic heterocycles. The number of carbonyl (C=O) groups is 1. The monoisotopic (exact) mass is 443 g/mol. The van der Waals surface area contributed by atoms with Crippen molar-refractivity contribution in [3.05, 3.63) is 106 Å². The molecule has 152 valence electrons. The molecule has 1 aromatic heterocycles. The van der Waals surface area contributed by atoms with Crippen molar-refractivity contribution in [3.8, 4) is 11.5 Å². The minimum Gasteiger partial charge on any atom is -0.497 e. The van der Waals surface area contributed by atoms with E-state index in [1.165, 1.54) is 24.4 Å². The molecule has 0 bridgehead atoms. The summed E-state index contributed by atoms with van der Waals surface area (Å²) in [6, 6.07) is 5.09. The molecule has 2 fully saturated rings. The molecule has 1 heterocycles. The van der Waals surface area contributed by atoms with E-state index < -0.39 is 0 Å². The smallest absolute Gasteiger partial charge is 0.497 e. The molecule has 0 unspecified atom stereocenters. The van der Waals surface area contributed by atoms with Crippen molar-refractivity contribution in [2.24, 2.45) is 0 Å². The van der Waals surface area contributed by atoms with Gasteiger partial charge in [0.1, 0.15) is 29.9 Å². The summed E-state index contributed by atoms with van der Waals surface area (Å²) in [5, 5.41) is 4.09. The van der Waals surface area contributed by atoms with Gasteiger partial charge in [0, 0.05) is 5.92 Å². The van der Waals surface area contributed by atoms with E-state index in [0.29, 0.717) is 22.8 Å². The Hall–Kier alpha value is -2.11. The van der Waals surface area contributed by atoms with Gasteiger partial charge in [-0.15, -0.1) is 0 Å². The van der Waals surface area contributed by atoms with Crippen molar-refractivity contribution in [2.75, 3.05) is 14.2 Å². The second-order valence-corrected chi connectivity index (χ2v) is 5.95. The average Bonchev–Trinajstić information content (AvgIpc) is 3.55. The van der Waals surface area contributed by atoms with Gasteiger partial charge in [-0.05, 0) is 82.1 Å². The summed E-state index contributed by atoms with van der Waals surface area (Å²) in [6.07, 6.45) is 22.3. The first-order valence-corrected chi connectivity index (χ1v) is 8.94. The molecule has 10 radical (unpaired) electrons. The Balaban J connectivity index is 0.000000468. The van der Waals surface area contributed by atoms with Gasteiger partial charge in [0.25, 0.3) is 0 Å². The maximum absolute atomic E-state index is 13.1. The largest absolute Gasteiger partial charge is 2.00 e. The SMILES string of the molecule is COc1ccc(OC)c(C(=O)/C(=C/[C]2[CH][CH][CH][CH]2)n2cncn2)c1.[CH]1[CH][CH][CH][CH]1.[Fe+2]. The number of rotatable bonds is 6. The number of methoxy groups -OCH3 is 2. The van der Waals surface area contributed by atoms with Crippen molar-refractivity contribution in [1.29, 1.82) is 0 Å². The summed E-state index contributed by atoms with van der Waals surface area (Å²) in [5.74, 6) is 1.70. The molecule has 7 heteroatoms. The molecule has 2 aromatic rings. The number of ether oxygens (including phenoxy) is 2. The van der Waals surface area contributed by atoms with Gasteiger partial charge in [0.15, 0.2) is 0 Å². The molecule has 4 rings (SSSR count). The Morgan fingerprint density at radius 3 is 2.17 bits per heavy atom. The molecule has 2 aliphatic carbocycles. The predicted octanol–water partition coefficient (Wildman–Crippen LogP) is 3.44. The Morgan fingerprint density at radius 1 is 0.967 bits per heavy atom. The quantitative estimate of drug-likeness (QED) is 0.389. The fraction of sp³-hybridized carbons (Fsp3) is 0.0870. The van der Waals surface area contributed by atoms with E-state index in [-0.39, 0.29) is 22.9 Å². The summed E-state index contributed by atoms with van der Waals surface area (Å²) in [4.78, 5) is 17.1. The van der Waals surface area contributed by atoms with Gasteiger partial charge in [-0.1, -0.05) is 0 Å². The van der Waals surface area contributed by atoms with E-state index in [1.807, 2.05) is 57.8 Å². The van der Waals surface area contributed by atoms with E-state index in [9.17, 15) is 4.79 Å². The van der Waals surface area contributed by atoms with Crippen molar-refractivity contribution in [1.82, 2.24) is 14.8 Å². The number of hydrogen-bond acceptors (Lipinski definition) is 5. The second kappa shape index (κ2) is 12.6. The fourth-order valence-electron chi connectivity index (χ4n) is 2.66. The third-order valence-corrected chi connectivity index (χ3v) is 4.10. The van der Waals surface area contributed by atoms with Crippen LogP contribution in [0, 0.1) is 63.7 Å². The second-order valence-electron chi connectivity index (χ2n) is 5.95. The zero-order valence-corrected chi connectivity index (χ0v) is 17.7. The number of hydrogen-bond donors (Lipinski definition) is 0. The van der Waals surface area contributed by atoms with Gasteiger partial charge in [-0.25, -0.2) is 9.67 Å². The number of carbonyl (C=O) groups excluding carboxylic acids is 1. The summed E-state index contributed by atoms with van der Waals surface area (Å²) in [5.41, 5.74) is 0.760. The first-order valence-electron chi connectivity index (χ1n) is 8.94.